The van der Waals surface area contributed by atoms with Gasteiger partial charge in [-0.3, -0.25) is 9.59 Å². The van der Waals surface area contributed by atoms with E-state index in [9.17, 15) is 18.4 Å². The van der Waals surface area contributed by atoms with Crippen LogP contribution >= 0.6 is 0 Å². The third-order valence-corrected chi connectivity index (χ3v) is 4.90. The van der Waals surface area contributed by atoms with Crippen LogP contribution in [0.15, 0.2) is 24.4 Å². The van der Waals surface area contributed by atoms with E-state index in [1.165, 1.54) is 6.20 Å². The number of aryl methyl sites for hydroxylation is 2. The zero-order chi connectivity index (χ0) is 22.5. The third-order valence-electron chi connectivity index (χ3n) is 4.90. The Labute approximate surface area is 179 Å². The minimum absolute atomic E-state index is 0.101. The number of carbonyl (C=O) groups excluding carboxylic acids is 2. The largest absolute Gasteiger partial charge is 0.471 e. The number of pyridine rings is 2. The van der Waals surface area contributed by atoms with Crippen LogP contribution < -0.4 is 15.4 Å². The van der Waals surface area contributed by atoms with Crippen molar-refractivity contribution >= 4 is 17.6 Å². The van der Waals surface area contributed by atoms with Crippen molar-refractivity contribution in [3.63, 3.8) is 0 Å². The molecular weight excluding hydrogens is 406 g/mol. The fraction of sp³-hybridized carbons (Fsp3) is 0.455. The number of alkyl halides is 2. The summed E-state index contributed by atoms with van der Waals surface area (Å²) in [5, 5.41) is 5.64. The summed E-state index contributed by atoms with van der Waals surface area (Å²) in [5.74, 6) is 0.514. The summed E-state index contributed by atoms with van der Waals surface area (Å²) in [6, 6.07) is 4.54. The van der Waals surface area contributed by atoms with Crippen LogP contribution in [0.4, 0.5) is 14.6 Å². The van der Waals surface area contributed by atoms with Crippen molar-refractivity contribution in [1.29, 1.82) is 0 Å². The summed E-state index contributed by atoms with van der Waals surface area (Å²) in [6.45, 7) is 4.53. The molecule has 2 heterocycles. The zero-order valence-corrected chi connectivity index (χ0v) is 17.7. The minimum Gasteiger partial charge on any atom is -0.471 e. The third kappa shape index (κ3) is 6.70. The fourth-order valence-corrected chi connectivity index (χ4v) is 3.12. The number of anilines is 1. The highest BCUT2D eigenvalue weighted by Crippen LogP contribution is 2.32. The number of carbonyl (C=O) groups is 2. The first-order chi connectivity index (χ1) is 14.7. The van der Waals surface area contributed by atoms with Crippen LogP contribution in [-0.4, -0.2) is 34.8 Å². The van der Waals surface area contributed by atoms with E-state index in [-0.39, 0.29) is 23.7 Å². The van der Waals surface area contributed by atoms with Crippen molar-refractivity contribution in [2.75, 3.05) is 11.9 Å². The van der Waals surface area contributed by atoms with Crippen LogP contribution in [0, 0.1) is 19.8 Å². The molecular formula is C22H26F2N4O3. The molecule has 1 aliphatic rings. The van der Waals surface area contributed by atoms with E-state index >= 15 is 0 Å². The minimum atomic E-state index is -2.58. The molecule has 9 heteroatoms. The molecule has 1 aliphatic carbocycles. The molecule has 0 saturated heterocycles. The molecule has 166 valence electrons. The number of amides is 2. The lowest BCUT2D eigenvalue weighted by Crippen LogP contribution is -2.27. The van der Waals surface area contributed by atoms with Gasteiger partial charge in [0.05, 0.1) is 6.04 Å². The summed E-state index contributed by atoms with van der Waals surface area (Å²) in [5.41, 5.74) is 2.29. The van der Waals surface area contributed by atoms with E-state index in [4.69, 9.17) is 4.74 Å². The average Bonchev–Trinajstić information content (AvgIpc) is 3.50. The Morgan fingerprint density at radius 2 is 1.97 bits per heavy atom. The standard InChI is InChI=1S/C22H26F2N4O3/c1-12-6-17(10-25-22(12)31-11-18(23)24)14(3)27-21(30)16-7-13(2)26-19(9-16)28-20(29)8-15-4-5-15/h6-7,9-10,14-15,18H,4-5,8,11H2,1-3H3,(H,27,30)(H,26,28,29). The zero-order valence-electron chi connectivity index (χ0n) is 17.7. The molecule has 31 heavy (non-hydrogen) atoms. The molecule has 2 aromatic heterocycles. The Morgan fingerprint density at radius 3 is 2.61 bits per heavy atom. The Kier molecular flexibility index (Phi) is 7.14. The highest BCUT2D eigenvalue weighted by molar-refractivity contribution is 5.97. The molecule has 1 unspecified atom stereocenters. The number of ether oxygens (including phenoxy) is 1. The maximum Gasteiger partial charge on any atom is 0.272 e. The van der Waals surface area contributed by atoms with E-state index in [0.717, 1.165) is 12.8 Å². The van der Waals surface area contributed by atoms with E-state index in [1.807, 2.05) is 0 Å². The van der Waals surface area contributed by atoms with Gasteiger partial charge in [0, 0.05) is 29.4 Å². The maximum atomic E-state index is 12.8. The van der Waals surface area contributed by atoms with Crippen molar-refractivity contribution in [3.8, 4) is 5.88 Å². The van der Waals surface area contributed by atoms with Gasteiger partial charge in [0.1, 0.15) is 5.82 Å². The molecule has 0 spiro atoms. The van der Waals surface area contributed by atoms with E-state index < -0.39 is 13.0 Å². The lowest BCUT2D eigenvalue weighted by Gasteiger charge is -2.16. The molecule has 0 aromatic carbocycles. The summed E-state index contributed by atoms with van der Waals surface area (Å²) >= 11 is 0. The molecule has 2 N–H and O–H groups in total. The maximum absolute atomic E-state index is 12.8. The van der Waals surface area contributed by atoms with E-state index in [2.05, 4.69) is 20.6 Å². The molecule has 2 aromatic rings. The summed E-state index contributed by atoms with van der Waals surface area (Å²) in [4.78, 5) is 33.2. The van der Waals surface area contributed by atoms with Gasteiger partial charge in [-0.15, -0.1) is 0 Å². The molecule has 0 radical (unpaired) electrons. The van der Waals surface area contributed by atoms with Crippen molar-refractivity contribution in [2.45, 2.75) is 52.5 Å². The second-order valence-electron chi connectivity index (χ2n) is 7.87. The summed E-state index contributed by atoms with van der Waals surface area (Å²) in [7, 11) is 0. The number of halogens is 2. The van der Waals surface area contributed by atoms with Gasteiger partial charge in [-0.2, -0.15) is 0 Å². The molecule has 0 bridgehead atoms. The SMILES string of the molecule is Cc1cc(C(=O)NC(C)c2cnc(OCC(F)F)c(C)c2)cc(NC(=O)CC2CC2)n1. The van der Waals surface area contributed by atoms with Gasteiger partial charge < -0.3 is 15.4 Å². The first-order valence-electron chi connectivity index (χ1n) is 10.2. The van der Waals surface area contributed by atoms with Crippen LogP contribution in [0.25, 0.3) is 0 Å². The van der Waals surface area contributed by atoms with Crippen molar-refractivity contribution < 1.29 is 23.1 Å². The number of aromatic nitrogens is 2. The number of nitrogens with one attached hydrogen (secondary N) is 2. The Bertz CT molecular complexity index is 964. The lowest BCUT2D eigenvalue weighted by molar-refractivity contribution is -0.116. The highest BCUT2D eigenvalue weighted by atomic mass is 19.3. The Hall–Kier alpha value is -3.10. The predicted octanol–water partition coefficient (Wildman–Crippen LogP) is 3.97. The van der Waals surface area contributed by atoms with Crippen LogP contribution in [0.5, 0.6) is 5.88 Å². The second kappa shape index (κ2) is 9.80. The van der Waals surface area contributed by atoms with Crippen LogP contribution in [0.2, 0.25) is 0 Å². The quantitative estimate of drug-likeness (QED) is 0.626. The lowest BCUT2D eigenvalue weighted by atomic mass is 10.1. The Balaban J connectivity index is 1.64. The van der Waals surface area contributed by atoms with E-state index in [1.54, 1.807) is 39.0 Å². The number of rotatable bonds is 9. The van der Waals surface area contributed by atoms with Crippen molar-refractivity contribution in [3.05, 3.63) is 46.8 Å². The number of hydrogen-bond donors (Lipinski definition) is 2. The predicted molar refractivity (Wildman–Crippen MR) is 111 cm³/mol. The van der Waals surface area contributed by atoms with Crippen LogP contribution in [-0.2, 0) is 4.79 Å². The van der Waals surface area contributed by atoms with Crippen molar-refractivity contribution in [2.24, 2.45) is 5.92 Å². The van der Waals surface area contributed by atoms with Gasteiger partial charge in [0.15, 0.2) is 6.61 Å². The van der Waals surface area contributed by atoms with Gasteiger partial charge in [-0.05, 0) is 63.3 Å². The van der Waals surface area contributed by atoms with Crippen LogP contribution in [0.1, 0.15) is 59.4 Å². The molecule has 2 amide bonds. The number of hydrogen-bond acceptors (Lipinski definition) is 5. The average molecular weight is 432 g/mol. The molecule has 3 rings (SSSR count). The Morgan fingerprint density at radius 1 is 1.23 bits per heavy atom. The highest BCUT2D eigenvalue weighted by Gasteiger charge is 2.24. The molecule has 1 saturated carbocycles. The normalized spacial score (nSPS) is 14.3. The smallest absolute Gasteiger partial charge is 0.272 e. The second-order valence-corrected chi connectivity index (χ2v) is 7.87. The summed E-state index contributed by atoms with van der Waals surface area (Å²) in [6.07, 6.45) is 1.53. The topological polar surface area (TPSA) is 93.2 Å². The molecule has 7 nitrogen and oxygen atoms in total. The van der Waals surface area contributed by atoms with Crippen molar-refractivity contribution in [1.82, 2.24) is 15.3 Å². The van der Waals surface area contributed by atoms with E-state index in [0.29, 0.717) is 40.5 Å². The molecule has 1 atom stereocenters. The number of nitrogens with zero attached hydrogens (tertiary/aromatic N) is 2. The molecule has 1 fully saturated rings. The molecule has 0 aliphatic heterocycles. The monoisotopic (exact) mass is 432 g/mol. The van der Waals surface area contributed by atoms with Crippen LogP contribution in [0.3, 0.4) is 0 Å². The fourth-order valence-electron chi connectivity index (χ4n) is 3.12. The van der Waals surface area contributed by atoms with Gasteiger partial charge in [-0.1, -0.05) is 0 Å². The first-order valence-corrected chi connectivity index (χ1v) is 10.2. The van der Waals surface area contributed by atoms with Gasteiger partial charge in [0.2, 0.25) is 11.8 Å². The van der Waals surface area contributed by atoms with Gasteiger partial charge >= 0.3 is 0 Å². The summed E-state index contributed by atoms with van der Waals surface area (Å²) < 4.78 is 29.6. The van der Waals surface area contributed by atoms with Gasteiger partial charge in [-0.25, -0.2) is 18.7 Å². The first kappa shape index (κ1) is 22.6. The van der Waals surface area contributed by atoms with Gasteiger partial charge in [0.25, 0.3) is 12.3 Å².